The van der Waals surface area contributed by atoms with Crippen LogP contribution in [-0.4, -0.2) is 16.1 Å². The number of rotatable bonds is 4. The molecule has 0 saturated carbocycles. The summed E-state index contributed by atoms with van der Waals surface area (Å²) in [5.41, 5.74) is 7.30. The SMILES string of the molecule is NNN(N)N(N)c1ncccc1C(N)=O. The van der Waals surface area contributed by atoms with E-state index in [1.54, 1.807) is 6.07 Å². The van der Waals surface area contributed by atoms with Crippen molar-refractivity contribution >= 4 is 11.7 Å². The van der Waals surface area contributed by atoms with Crippen LogP contribution in [0.5, 0.6) is 0 Å². The van der Waals surface area contributed by atoms with Crippen molar-refractivity contribution in [3.8, 4) is 0 Å². The lowest BCUT2D eigenvalue weighted by Gasteiger charge is -2.26. The maximum absolute atomic E-state index is 11.0. The Bertz CT molecular complexity index is 355. The van der Waals surface area contributed by atoms with E-state index in [1.165, 1.54) is 12.3 Å². The summed E-state index contributed by atoms with van der Waals surface area (Å²) >= 11 is 0. The molecule has 1 heterocycles. The molecule has 0 aliphatic carbocycles. The maximum Gasteiger partial charge on any atom is 0.252 e. The molecule has 0 saturated heterocycles. The van der Waals surface area contributed by atoms with Crippen molar-refractivity contribution in [1.29, 1.82) is 0 Å². The van der Waals surface area contributed by atoms with Crippen LogP contribution in [0, 0.1) is 0 Å². The molecule has 0 aromatic carbocycles. The number of amides is 1. The van der Waals surface area contributed by atoms with Gasteiger partial charge in [-0.05, 0) is 12.1 Å². The zero-order valence-electron chi connectivity index (χ0n) is 7.79. The average Bonchev–Trinajstić information content (AvgIpc) is 2.27. The standard InChI is InChI=1S/C6H12N8O/c7-5(15)4-2-1-3-11-6(4)13(9)14(10)12-8/h1-3,12H,8-10H2,(H2,7,15). The van der Waals surface area contributed by atoms with E-state index in [1.807, 2.05) is 5.53 Å². The minimum absolute atomic E-state index is 0.0884. The molecule has 1 aromatic heterocycles. The van der Waals surface area contributed by atoms with Crippen molar-refractivity contribution in [2.45, 2.75) is 0 Å². The second-order valence-electron chi connectivity index (χ2n) is 2.56. The van der Waals surface area contributed by atoms with Crippen LogP contribution in [-0.2, 0) is 0 Å². The highest BCUT2D eigenvalue weighted by molar-refractivity contribution is 5.97. The van der Waals surface area contributed by atoms with Gasteiger partial charge in [0.2, 0.25) is 0 Å². The van der Waals surface area contributed by atoms with Crippen LogP contribution in [0.3, 0.4) is 0 Å². The molecule has 82 valence electrons. The van der Waals surface area contributed by atoms with Crippen LogP contribution in [0.15, 0.2) is 18.3 Å². The van der Waals surface area contributed by atoms with Crippen molar-refractivity contribution in [1.82, 2.24) is 15.7 Å². The summed E-state index contributed by atoms with van der Waals surface area (Å²) in [5.74, 6) is 15.3. The third kappa shape index (κ3) is 2.37. The fourth-order valence-electron chi connectivity index (χ4n) is 0.936. The summed E-state index contributed by atoms with van der Waals surface area (Å²) in [6, 6.07) is 3.02. The van der Waals surface area contributed by atoms with Gasteiger partial charge in [-0.2, -0.15) is 10.7 Å². The van der Waals surface area contributed by atoms with Gasteiger partial charge in [-0.3, -0.25) is 10.6 Å². The monoisotopic (exact) mass is 212 g/mol. The first-order valence-electron chi connectivity index (χ1n) is 3.88. The van der Waals surface area contributed by atoms with E-state index in [-0.39, 0.29) is 11.4 Å². The van der Waals surface area contributed by atoms with E-state index >= 15 is 0 Å². The number of carbonyl (C=O) groups excluding carboxylic acids is 1. The molecule has 0 aliphatic rings. The van der Waals surface area contributed by atoms with Crippen LogP contribution in [0.25, 0.3) is 0 Å². The fraction of sp³-hybridized carbons (Fsp3) is 0. The molecule has 0 aliphatic heterocycles. The molecule has 9 nitrogen and oxygen atoms in total. The van der Waals surface area contributed by atoms with Gasteiger partial charge in [0, 0.05) is 6.20 Å². The number of nitrogens with one attached hydrogen (secondary N) is 1. The first-order valence-corrected chi connectivity index (χ1v) is 3.88. The molecule has 15 heavy (non-hydrogen) atoms. The zero-order valence-corrected chi connectivity index (χ0v) is 7.79. The Kier molecular flexibility index (Phi) is 3.49. The minimum atomic E-state index is -0.668. The van der Waals surface area contributed by atoms with Crippen molar-refractivity contribution in [2.24, 2.45) is 23.3 Å². The second kappa shape index (κ2) is 4.63. The van der Waals surface area contributed by atoms with E-state index in [0.717, 1.165) is 10.3 Å². The first kappa shape index (κ1) is 11.3. The molecule has 0 spiro atoms. The number of hydrogen-bond donors (Lipinski definition) is 5. The Hall–Kier alpha value is -1.78. The first-order chi connectivity index (χ1) is 7.07. The van der Waals surface area contributed by atoms with E-state index < -0.39 is 5.91 Å². The summed E-state index contributed by atoms with van der Waals surface area (Å²) in [6.45, 7) is 0. The topological polar surface area (TPSA) is 153 Å². The molecule has 0 atom stereocenters. The largest absolute Gasteiger partial charge is 0.365 e. The van der Waals surface area contributed by atoms with Crippen LogP contribution in [0.2, 0.25) is 0 Å². The third-order valence-corrected chi connectivity index (χ3v) is 1.63. The van der Waals surface area contributed by atoms with E-state index in [9.17, 15) is 4.79 Å². The fourth-order valence-corrected chi connectivity index (χ4v) is 0.936. The summed E-state index contributed by atoms with van der Waals surface area (Å²) in [5, 5.41) is 1.59. The number of hydrazine groups is 5. The Balaban J connectivity index is 3.07. The van der Waals surface area contributed by atoms with Gasteiger partial charge in [-0.15, -0.1) is 0 Å². The van der Waals surface area contributed by atoms with Crippen molar-refractivity contribution in [3.05, 3.63) is 23.9 Å². The summed E-state index contributed by atoms with van der Waals surface area (Å²) in [4.78, 5) is 14.9. The van der Waals surface area contributed by atoms with Gasteiger partial charge in [0.1, 0.15) is 0 Å². The molecule has 0 fully saturated rings. The Labute approximate surface area is 85.5 Å². The van der Waals surface area contributed by atoms with Crippen LogP contribution >= 0.6 is 0 Å². The van der Waals surface area contributed by atoms with Gasteiger partial charge in [0.05, 0.1) is 5.56 Å². The number of carbonyl (C=O) groups is 1. The number of pyridine rings is 1. The van der Waals surface area contributed by atoms with Gasteiger partial charge in [-0.1, -0.05) is 5.23 Å². The summed E-state index contributed by atoms with van der Waals surface area (Å²) < 4.78 is 0. The van der Waals surface area contributed by atoms with E-state index in [0.29, 0.717) is 0 Å². The molecular formula is C6H12N8O. The lowest BCUT2D eigenvalue weighted by molar-refractivity contribution is 0.0998. The lowest BCUT2D eigenvalue weighted by atomic mass is 10.2. The molecule has 0 bridgehead atoms. The lowest BCUT2D eigenvalue weighted by Crippen LogP contribution is -2.62. The van der Waals surface area contributed by atoms with Crippen molar-refractivity contribution < 1.29 is 4.79 Å². The smallest absolute Gasteiger partial charge is 0.252 e. The number of primary amides is 1. The van der Waals surface area contributed by atoms with Crippen LogP contribution in [0.4, 0.5) is 5.82 Å². The third-order valence-electron chi connectivity index (χ3n) is 1.63. The highest BCUT2D eigenvalue weighted by Gasteiger charge is 2.16. The second-order valence-corrected chi connectivity index (χ2v) is 2.56. The number of nitrogens with zero attached hydrogens (tertiary/aromatic N) is 3. The molecule has 0 unspecified atom stereocenters. The van der Waals surface area contributed by atoms with E-state index in [4.69, 9.17) is 23.3 Å². The Morgan fingerprint density at radius 3 is 2.67 bits per heavy atom. The number of hydrogen-bond acceptors (Lipinski definition) is 8. The van der Waals surface area contributed by atoms with Crippen LogP contribution in [0.1, 0.15) is 10.4 Å². The predicted molar refractivity (Wildman–Crippen MR) is 52.8 cm³/mol. The van der Waals surface area contributed by atoms with Gasteiger partial charge in [0.25, 0.3) is 5.91 Å². The molecule has 1 amide bonds. The Morgan fingerprint density at radius 2 is 2.13 bits per heavy atom. The van der Waals surface area contributed by atoms with Crippen molar-refractivity contribution in [3.63, 3.8) is 0 Å². The zero-order chi connectivity index (χ0) is 11.4. The average molecular weight is 212 g/mol. The summed E-state index contributed by atoms with van der Waals surface area (Å²) in [7, 11) is 0. The highest BCUT2D eigenvalue weighted by Crippen LogP contribution is 2.13. The number of aromatic nitrogens is 1. The quantitative estimate of drug-likeness (QED) is 0.267. The van der Waals surface area contributed by atoms with Gasteiger partial charge >= 0.3 is 0 Å². The molecular weight excluding hydrogens is 200 g/mol. The highest BCUT2D eigenvalue weighted by atomic mass is 16.1. The molecule has 1 rings (SSSR count). The van der Waals surface area contributed by atoms with Gasteiger partial charge < -0.3 is 5.73 Å². The molecule has 9 N–H and O–H groups in total. The summed E-state index contributed by atoms with van der Waals surface area (Å²) in [6.07, 6.45) is 1.44. The molecule has 0 radical (unpaired) electrons. The van der Waals surface area contributed by atoms with Crippen LogP contribution < -0.4 is 33.9 Å². The minimum Gasteiger partial charge on any atom is -0.365 e. The number of nitrogens with two attached hydrogens (primary N) is 4. The normalized spacial score (nSPS) is 10.4. The predicted octanol–water partition coefficient (Wildman–Crippen LogP) is -2.67. The molecule has 9 heteroatoms. The maximum atomic E-state index is 11.0. The Morgan fingerprint density at radius 1 is 1.47 bits per heavy atom. The van der Waals surface area contributed by atoms with Crippen molar-refractivity contribution in [2.75, 3.05) is 5.12 Å². The van der Waals surface area contributed by atoms with E-state index in [2.05, 4.69) is 4.98 Å². The van der Waals surface area contributed by atoms with Gasteiger partial charge in [-0.25, -0.2) is 16.7 Å². The van der Waals surface area contributed by atoms with Gasteiger partial charge in [0.15, 0.2) is 5.82 Å². The molecule has 1 aromatic rings. The number of anilines is 1.